The zero-order chi connectivity index (χ0) is 12.9. The second-order valence-electron chi connectivity index (χ2n) is 3.91. The van der Waals surface area contributed by atoms with E-state index in [1.807, 2.05) is 18.2 Å². The molecule has 1 aromatic rings. The molecule has 1 aromatic carbocycles. The van der Waals surface area contributed by atoms with Crippen LogP contribution in [0.15, 0.2) is 36.9 Å². The molecule has 0 fully saturated rings. The summed E-state index contributed by atoms with van der Waals surface area (Å²) >= 11 is 11.2. The Morgan fingerprint density at radius 1 is 1.00 bits per heavy atom. The van der Waals surface area contributed by atoms with Crippen molar-refractivity contribution in [1.82, 2.24) is 0 Å². The lowest BCUT2D eigenvalue weighted by atomic mass is 10.1. The van der Waals surface area contributed by atoms with E-state index in [0.29, 0.717) is 10.0 Å². The molecule has 0 aliphatic carbocycles. The topological polar surface area (TPSA) is 0 Å². The van der Waals surface area contributed by atoms with Crippen molar-refractivity contribution < 1.29 is 0 Å². The minimum atomic E-state index is 0.606. The Kier molecular flexibility index (Phi) is 11.7. The van der Waals surface area contributed by atoms with E-state index in [9.17, 15) is 0 Å². The molecule has 0 atom stereocenters. The van der Waals surface area contributed by atoms with E-state index in [1.165, 1.54) is 38.5 Å². The fraction of sp³-hybridized carbons (Fsp3) is 0.467. The van der Waals surface area contributed by atoms with Gasteiger partial charge in [0.1, 0.15) is 0 Å². The smallest absolute Gasteiger partial charge is 0.0592 e. The average molecular weight is 273 g/mol. The van der Waals surface area contributed by atoms with Crippen molar-refractivity contribution in [3.05, 3.63) is 47.0 Å². The SMILES string of the molecule is C=CCCCCCCC.Clc1ccccc1Cl. The summed E-state index contributed by atoms with van der Waals surface area (Å²) in [6.07, 6.45) is 10.1. The third-order valence-electron chi connectivity index (χ3n) is 2.34. The number of rotatable bonds is 6. The first-order valence-electron chi connectivity index (χ1n) is 6.23. The van der Waals surface area contributed by atoms with Gasteiger partial charge in [-0.3, -0.25) is 0 Å². The Morgan fingerprint density at radius 3 is 1.94 bits per heavy atom. The number of unbranched alkanes of at least 4 members (excludes halogenated alkanes) is 5. The molecule has 17 heavy (non-hydrogen) atoms. The van der Waals surface area contributed by atoms with E-state index in [1.54, 1.807) is 12.1 Å². The summed E-state index contributed by atoms with van der Waals surface area (Å²) < 4.78 is 0. The summed E-state index contributed by atoms with van der Waals surface area (Å²) in [5.41, 5.74) is 0. The van der Waals surface area contributed by atoms with Gasteiger partial charge in [0.2, 0.25) is 0 Å². The lowest BCUT2D eigenvalue weighted by Crippen LogP contribution is -1.74. The molecule has 0 aliphatic rings. The molecule has 96 valence electrons. The number of allylic oxidation sites excluding steroid dienone is 1. The van der Waals surface area contributed by atoms with E-state index in [2.05, 4.69) is 13.5 Å². The lowest BCUT2D eigenvalue weighted by molar-refractivity contribution is 0.638. The first-order valence-corrected chi connectivity index (χ1v) is 6.98. The maximum atomic E-state index is 5.58. The molecule has 0 unspecified atom stereocenters. The highest BCUT2D eigenvalue weighted by molar-refractivity contribution is 6.41. The quantitative estimate of drug-likeness (QED) is 0.408. The zero-order valence-electron chi connectivity index (χ0n) is 10.6. The molecule has 0 amide bonds. The van der Waals surface area contributed by atoms with E-state index in [0.717, 1.165) is 0 Å². The van der Waals surface area contributed by atoms with Gasteiger partial charge in [0.05, 0.1) is 10.0 Å². The molecule has 1 rings (SSSR count). The molecular weight excluding hydrogens is 251 g/mol. The fourth-order valence-electron chi connectivity index (χ4n) is 1.33. The Balaban J connectivity index is 0.000000302. The number of halogens is 2. The van der Waals surface area contributed by atoms with Crippen LogP contribution in [0.2, 0.25) is 10.0 Å². The number of benzene rings is 1. The molecule has 0 bridgehead atoms. The van der Waals surface area contributed by atoms with Crippen molar-refractivity contribution in [3.63, 3.8) is 0 Å². The van der Waals surface area contributed by atoms with Crippen LogP contribution in [-0.2, 0) is 0 Å². The van der Waals surface area contributed by atoms with E-state index >= 15 is 0 Å². The van der Waals surface area contributed by atoms with Gasteiger partial charge >= 0.3 is 0 Å². The molecule has 0 radical (unpaired) electrons. The van der Waals surface area contributed by atoms with Crippen molar-refractivity contribution >= 4 is 23.2 Å². The van der Waals surface area contributed by atoms with Crippen molar-refractivity contribution in [2.45, 2.75) is 45.4 Å². The lowest BCUT2D eigenvalue weighted by Gasteiger charge is -1.94. The van der Waals surface area contributed by atoms with Crippen LogP contribution in [0.3, 0.4) is 0 Å². The Morgan fingerprint density at radius 2 is 1.53 bits per heavy atom. The van der Waals surface area contributed by atoms with Crippen LogP contribution >= 0.6 is 23.2 Å². The van der Waals surface area contributed by atoms with Crippen LogP contribution in [0.1, 0.15) is 45.4 Å². The van der Waals surface area contributed by atoms with Gasteiger partial charge in [-0.2, -0.15) is 0 Å². The summed E-state index contributed by atoms with van der Waals surface area (Å²) in [6.45, 7) is 5.92. The van der Waals surface area contributed by atoms with Crippen molar-refractivity contribution in [2.75, 3.05) is 0 Å². The molecule has 0 aliphatic heterocycles. The summed E-state index contributed by atoms with van der Waals surface area (Å²) in [6, 6.07) is 7.19. The average Bonchev–Trinajstić information content (AvgIpc) is 2.34. The van der Waals surface area contributed by atoms with Gasteiger partial charge in [-0.05, 0) is 25.0 Å². The van der Waals surface area contributed by atoms with Crippen LogP contribution in [-0.4, -0.2) is 0 Å². The van der Waals surface area contributed by atoms with E-state index < -0.39 is 0 Å². The molecule has 0 saturated carbocycles. The maximum Gasteiger partial charge on any atom is 0.0592 e. The Hall–Kier alpha value is -0.460. The zero-order valence-corrected chi connectivity index (χ0v) is 12.1. The summed E-state index contributed by atoms with van der Waals surface area (Å²) in [4.78, 5) is 0. The maximum absolute atomic E-state index is 5.58. The third-order valence-corrected chi connectivity index (χ3v) is 3.09. The molecular formula is C15H22Cl2. The molecule has 0 nitrogen and oxygen atoms in total. The fourth-order valence-corrected chi connectivity index (χ4v) is 1.60. The van der Waals surface area contributed by atoms with Gasteiger partial charge in [-0.1, -0.05) is 74.0 Å². The minimum Gasteiger partial charge on any atom is -0.103 e. The van der Waals surface area contributed by atoms with Crippen molar-refractivity contribution in [2.24, 2.45) is 0 Å². The van der Waals surface area contributed by atoms with Crippen LogP contribution in [0, 0.1) is 0 Å². The van der Waals surface area contributed by atoms with Crippen molar-refractivity contribution in [1.29, 1.82) is 0 Å². The highest BCUT2D eigenvalue weighted by Crippen LogP contribution is 2.19. The van der Waals surface area contributed by atoms with Gasteiger partial charge < -0.3 is 0 Å². The monoisotopic (exact) mass is 272 g/mol. The Bertz CT molecular complexity index is 274. The first-order chi connectivity index (χ1) is 8.22. The molecule has 0 spiro atoms. The number of hydrogen-bond acceptors (Lipinski definition) is 0. The standard InChI is InChI=1S/C9H18.C6H4Cl2/c1-3-5-7-9-8-6-4-2;7-5-3-1-2-4-6(5)8/h3H,1,4-9H2,2H3;1-4H. The molecule has 0 heterocycles. The van der Waals surface area contributed by atoms with E-state index in [-0.39, 0.29) is 0 Å². The van der Waals surface area contributed by atoms with Gasteiger partial charge in [0.15, 0.2) is 0 Å². The van der Waals surface area contributed by atoms with Crippen LogP contribution in [0.25, 0.3) is 0 Å². The van der Waals surface area contributed by atoms with Gasteiger partial charge in [0, 0.05) is 0 Å². The highest BCUT2D eigenvalue weighted by atomic mass is 35.5. The predicted molar refractivity (Wildman–Crippen MR) is 80.0 cm³/mol. The second-order valence-corrected chi connectivity index (χ2v) is 4.72. The summed E-state index contributed by atoms with van der Waals surface area (Å²) in [5, 5.41) is 1.21. The normalized spacial score (nSPS) is 9.35. The minimum absolute atomic E-state index is 0.606. The molecule has 2 heteroatoms. The second kappa shape index (κ2) is 12.0. The Labute approximate surface area is 116 Å². The highest BCUT2D eigenvalue weighted by Gasteiger charge is 1.89. The number of hydrogen-bond donors (Lipinski definition) is 0. The molecule has 0 N–H and O–H groups in total. The summed E-state index contributed by atoms with van der Waals surface area (Å²) in [5.74, 6) is 0. The molecule has 0 saturated heterocycles. The van der Waals surface area contributed by atoms with Crippen molar-refractivity contribution in [3.8, 4) is 0 Å². The van der Waals surface area contributed by atoms with Crippen LogP contribution < -0.4 is 0 Å². The van der Waals surface area contributed by atoms with E-state index in [4.69, 9.17) is 23.2 Å². The van der Waals surface area contributed by atoms with Gasteiger partial charge in [0.25, 0.3) is 0 Å². The molecule has 0 aromatic heterocycles. The third kappa shape index (κ3) is 10.4. The van der Waals surface area contributed by atoms with Gasteiger partial charge in [-0.15, -0.1) is 6.58 Å². The first kappa shape index (κ1) is 16.5. The predicted octanol–water partition coefficient (Wildman–Crippen LogP) is 6.53. The largest absolute Gasteiger partial charge is 0.103 e. The van der Waals surface area contributed by atoms with Crippen LogP contribution in [0.4, 0.5) is 0 Å². The summed E-state index contributed by atoms with van der Waals surface area (Å²) in [7, 11) is 0. The van der Waals surface area contributed by atoms with Gasteiger partial charge in [-0.25, -0.2) is 0 Å². The van der Waals surface area contributed by atoms with Crippen LogP contribution in [0.5, 0.6) is 0 Å².